The molecule has 1 atom stereocenters. The number of ether oxygens (including phenoxy) is 1. The van der Waals surface area contributed by atoms with Crippen LogP contribution >= 0.6 is 0 Å². The van der Waals surface area contributed by atoms with Crippen molar-refractivity contribution in [3.63, 3.8) is 0 Å². The standard InChI is InChI=1S/C20H25N5O3/c1-28-20-22-18(23-24-20)14-6-8-15(9-7-14)19(27)21-11-13-10-17(26)25(12-13)16-4-2-3-5-16/h6-9,13,16H,2-5,10-12H2,1H3,(H,21,27)(H,22,23,24)/t13-/m1/s1. The molecule has 1 aliphatic heterocycles. The number of hydrogen-bond donors (Lipinski definition) is 2. The Hall–Kier alpha value is -2.90. The fourth-order valence-corrected chi connectivity index (χ4v) is 4.10. The number of carbonyl (C=O) groups excluding carboxylic acids is 2. The van der Waals surface area contributed by atoms with E-state index in [2.05, 4.69) is 20.5 Å². The molecule has 8 nitrogen and oxygen atoms in total. The van der Waals surface area contributed by atoms with Gasteiger partial charge in [0.15, 0.2) is 5.82 Å². The first-order valence-electron chi connectivity index (χ1n) is 9.78. The molecule has 1 saturated heterocycles. The number of nitrogens with one attached hydrogen (secondary N) is 2. The molecule has 1 saturated carbocycles. The van der Waals surface area contributed by atoms with E-state index < -0.39 is 0 Å². The zero-order valence-electron chi connectivity index (χ0n) is 16.0. The van der Waals surface area contributed by atoms with E-state index in [4.69, 9.17) is 4.74 Å². The van der Waals surface area contributed by atoms with Crippen LogP contribution in [0.1, 0.15) is 42.5 Å². The number of aromatic nitrogens is 3. The van der Waals surface area contributed by atoms with Crippen molar-refractivity contribution in [2.45, 2.75) is 38.1 Å². The molecule has 2 aliphatic rings. The summed E-state index contributed by atoms with van der Waals surface area (Å²) in [6, 6.07) is 7.82. The van der Waals surface area contributed by atoms with Gasteiger partial charge < -0.3 is 15.0 Å². The van der Waals surface area contributed by atoms with Crippen LogP contribution in [0.2, 0.25) is 0 Å². The summed E-state index contributed by atoms with van der Waals surface area (Å²) < 4.78 is 4.96. The van der Waals surface area contributed by atoms with Gasteiger partial charge in [0.2, 0.25) is 5.91 Å². The van der Waals surface area contributed by atoms with Crippen molar-refractivity contribution in [2.24, 2.45) is 5.92 Å². The molecule has 1 aliphatic carbocycles. The quantitative estimate of drug-likeness (QED) is 0.795. The first-order chi connectivity index (χ1) is 13.6. The maximum absolute atomic E-state index is 12.5. The van der Waals surface area contributed by atoms with E-state index in [0.29, 0.717) is 30.4 Å². The predicted octanol–water partition coefficient (Wildman–Crippen LogP) is 2.00. The van der Waals surface area contributed by atoms with Crippen LogP contribution in [0.4, 0.5) is 0 Å². The van der Waals surface area contributed by atoms with E-state index in [0.717, 1.165) is 24.9 Å². The summed E-state index contributed by atoms with van der Waals surface area (Å²) in [4.78, 5) is 30.9. The zero-order chi connectivity index (χ0) is 19.5. The molecule has 0 spiro atoms. The molecule has 1 aromatic heterocycles. The van der Waals surface area contributed by atoms with E-state index in [1.54, 1.807) is 12.1 Å². The van der Waals surface area contributed by atoms with E-state index in [1.807, 2.05) is 17.0 Å². The monoisotopic (exact) mass is 383 g/mol. The lowest BCUT2D eigenvalue weighted by Gasteiger charge is -2.24. The highest BCUT2D eigenvalue weighted by Crippen LogP contribution is 2.29. The third kappa shape index (κ3) is 3.85. The summed E-state index contributed by atoms with van der Waals surface area (Å²) in [6.45, 7) is 1.28. The molecule has 4 rings (SSSR count). The number of carbonyl (C=O) groups is 2. The Kier molecular flexibility index (Phi) is 5.27. The van der Waals surface area contributed by atoms with Crippen LogP contribution in [-0.4, -0.2) is 58.1 Å². The molecule has 2 amide bonds. The number of rotatable bonds is 6. The summed E-state index contributed by atoms with van der Waals surface area (Å²) in [7, 11) is 1.51. The van der Waals surface area contributed by atoms with Crippen LogP contribution in [-0.2, 0) is 4.79 Å². The summed E-state index contributed by atoms with van der Waals surface area (Å²) >= 11 is 0. The zero-order valence-corrected chi connectivity index (χ0v) is 16.0. The minimum atomic E-state index is -0.131. The van der Waals surface area contributed by atoms with Crippen LogP contribution in [0.3, 0.4) is 0 Å². The lowest BCUT2D eigenvalue weighted by atomic mass is 10.1. The van der Waals surface area contributed by atoms with Gasteiger partial charge in [0, 0.05) is 42.6 Å². The smallest absolute Gasteiger partial charge is 0.335 e. The average molecular weight is 383 g/mol. The molecule has 0 unspecified atom stereocenters. The normalized spacial score (nSPS) is 20.0. The number of likely N-dealkylation sites (tertiary alicyclic amines) is 1. The highest BCUT2D eigenvalue weighted by molar-refractivity contribution is 5.94. The number of aromatic amines is 1. The van der Waals surface area contributed by atoms with Crippen LogP contribution < -0.4 is 10.1 Å². The molecular formula is C20H25N5O3. The summed E-state index contributed by atoms with van der Waals surface area (Å²) in [5, 5.41) is 9.68. The van der Waals surface area contributed by atoms with Gasteiger partial charge >= 0.3 is 6.01 Å². The van der Waals surface area contributed by atoms with Gasteiger partial charge in [-0.05, 0) is 25.0 Å². The Morgan fingerprint density at radius 2 is 2.04 bits per heavy atom. The maximum Gasteiger partial charge on any atom is 0.335 e. The molecule has 28 heavy (non-hydrogen) atoms. The van der Waals surface area contributed by atoms with Crippen molar-refractivity contribution >= 4 is 11.8 Å². The summed E-state index contributed by atoms with van der Waals surface area (Å²) in [5.41, 5.74) is 1.40. The Labute approximate surface area is 163 Å². The predicted molar refractivity (Wildman–Crippen MR) is 103 cm³/mol. The topological polar surface area (TPSA) is 100 Å². The van der Waals surface area contributed by atoms with Gasteiger partial charge in [0.05, 0.1) is 7.11 Å². The van der Waals surface area contributed by atoms with E-state index in [-0.39, 0.29) is 23.7 Å². The summed E-state index contributed by atoms with van der Waals surface area (Å²) in [5.74, 6) is 0.879. The van der Waals surface area contributed by atoms with Gasteiger partial charge in [-0.1, -0.05) is 25.0 Å². The second kappa shape index (κ2) is 8.00. The molecule has 2 fully saturated rings. The minimum Gasteiger partial charge on any atom is -0.466 e. The van der Waals surface area contributed by atoms with Crippen molar-refractivity contribution in [3.05, 3.63) is 29.8 Å². The third-order valence-corrected chi connectivity index (χ3v) is 5.62. The van der Waals surface area contributed by atoms with Gasteiger partial charge in [0.25, 0.3) is 5.91 Å². The lowest BCUT2D eigenvalue weighted by Crippen LogP contribution is -2.36. The SMILES string of the molecule is COc1n[nH]c(-c2ccc(C(=O)NC[C@H]3CC(=O)N(C4CCCC4)C3)cc2)n1. The molecule has 2 N–H and O–H groups in total. The second-order valence-electron chi connectivity index (χ2n) is 7.51. The van der Waals surface area contributed by atoms with Crippen LogP contribution in [0.15, 0.2) is 24.3 Å². The molecule has 148 valence electrons. The molecule has 0 radical (unpaired) electrons. The van der Waals surface area contributed by atoms with Gasteiger partial charge in [-0.3, -0.25) is 14.7 Å². The molecule has 2 aromatic rings. The number of H-pyrrole nitrogens is 1. The maximum atomic E-state index is 12.5. The fraction of sp³-hybridized carbons (Fsp3) is 0.500. The van der Waals surface area contributed by atoms with Crippen molar-refractivity contribution < 1.29 is 14.3 Å². The van der Waals surface area contributed by atoms with Crippen LogP contribution in [0.25, 0.3) is 11.4 Å². The van der Waals surface area contributed by atoms with Crippen molar-refractivity contribution in [2.75, 3.05) is 20.2 Å². The molecule has 2 heterocycles. The van der Waals surface area contributed by atoms with Crippen LogP contribution in [0.5, 0.6) is 6.01 Å². The van der Waals surface area contributed by atoms with Crippen molar-refractivity contribution in [1.82, 2.24) is 25.4 Å². The first-order valence-corrected chi connectivity index (χ1v) is 9.78. The van der Waals surface area contributed by atoms with Crippen molar-refractivity contribution in [3.8, 4) is 17.4 Å². The first kappa shape index (κ1) is 18.5. The largest absolute Gasteiger partial charge is 0.466 e. The van der Waals surface area contributed by atoms with E-state index in [1.165, 1.54) is 20.0 Å². The highest BCUT2D eigenvalue weighted by atomic mass is 16.5. The number of hydrogen-bond acceptors (Lipinski definition) is 5. The van der Waals surface area contributed by atoms with Gasteiger partial charge in [-0.15, -0.1) is 5.10 Å². The minimum absolute atomic E-state index is 0.131. The average Bonchev–Trinajstić information content (AvgIpc) is 3.46. The Morgan fingerprint density at radius 3 is 2.71 bits per heavy atom. The number of amides is 2. The summed E-state index contributed by atoms with van der Waals surface area (Å²) in [6.07, 6.45) is 5.20. The second-order valence-corrected chi connectivity index (χ2v) is 7.51. The Balaban J connectivity index is 1.31. The molecule has 0 bridgehead atoms. The number of methoxy groups -OCH3 is 1. The molecule has 1 aromatic carbocycles. The molecular weight excluding hydrogens is 358 g/mol. The van der Waals surface area contributed by atoms with Gasteiger partial charge in [-0.2, -0.15) is 4.98 Å². The number of nitrogens with zero attached hydrogens (tertiary/aromatic N) is 3. The van der Waals surface area contributed by atoms with Crippen LogP contribution in [0, 0.1) is 5.92 Å². The van der Waals surface area contributed by atoms with E-state index >= 15 is 0 Å². The highest BCUT2D eigenvalue weighted by Gasteiger charge is 2.35. The fourth-order valence-electron chi connectivity index (χ4n) is 4.10. The van der Waals surface area contributed by atoms with Crippen molar-refractivity contribution in [1.29, 1.82) is 0 Å². The van der Waals surface area contributed by atoms with E-state index in [9.17, 15) is 9.59 Å². The number of benzene rings is 1. The van der Waals surface area contributed by atoms with Gasteiger partial charge in [0.1, 0.15) is 0 Å². The Bertz CT molecular complexity index is 842. The third-order valence-electron chi connectivity index (χ3n) is 5.62. The Morgan fingerprint density at radius 1 is 1.29 bits per heavy atom. The van der Waals surface area contributed by atoms with Gasteiger partial charge in [-0.25, -0.2) is 0 Å². The molecule has 8 heteroatoms. The lowest BCUT2D eigenvalue weighted by molar-refractivity contribution is -0.129.